The van der Waals surface area contributed by atoms with Crippen molar-refractivity contribution in [2.75, 3.05) is 13.1 Å². The molecule has 0 amide bonds. The third-order valence-corrected chi connectivity index (χ3v) is 4.34. The largest absolute Gasteiger partial charge is 0.487 e. The van der Waals surface area contributed by atoms with Gasteiger partial charge in [-0.15, -0.1) is 0 Å². The second kappa shape index (κ2) is 8.68. The van der Waals surface area contributed by atoms with Crippen molar-refractivity contribution >= 4 is 11.6 Å². The first-order valence-electron chi connectivity index (χ1n) is 9.14. The number of carbonyl (C=O) groups is 1. The number of ether oxygens (including phenoxy) is 1. The lowest BCUT2D eigenvalue weighted by molar-refractivity contribution is -0.138. The highest BCUT2D eigenvalue weighted by Gasteiger charge is 2.10. The molecule has 0 atom stereocenters. The molecule has 3 aromatic rings. The molecule has 0 aliphatic carbocycles. The molecule has 142 valence electrons. The Morgan fingerprint density at radius 2 is 2.04 bits per heavy atom. The number of hydrogen-bond donors (Lipinski definition) is 1. The predicted octanol–water partition coefficient (Wildman–Crippen LogP) is 3.52. The number of nitrogens with zero attached hydrogens (tertiary/aromatic N) is 3. The van der Waals surface area contributed by atoms with Gasteiger partial charge in [0.2, 0.25) is 0 Å². The van der Waals surface area contributed by atoms with Gasteiger partial charge >= 0.3 is 5.97 Å². The number of fused-ring (bicyclic) bond motifs is 1. The molecule has 0 aliphatic rings. The molecule has 6 nitrogen and oxygen atoms in total. The summed E-state index contributed by atoms with van der Waals surface area (Å²) in [6, 6.07) is 11.8. The van der Waals surface area contributed by atoms with E-state index < -0.39 is 5.97 Å². The zero-order valence-corrected chi connectivity index (χ0v) is 15.8. The maximum Gasteiger partial charge on any atom is 0.317 e. The molecular formula is C21H25N3O3. The molecule has 0 saturated carbocycles. The minimum Gasteiger partial charge on any atom is -0.487 e. The topological polar surface area (TPSA) is 67.1 Å². The van der Waals surface area contributed by atoms with Gasteiger partial charge in [-0.3, -0.25) is 9.69 Å². The lowest BCUT2D eigenvalue weighted by atomic mass is 10.2. The minimum absolute atomic E-state index is 0.0550. The molecule has 6 heteroatoms. The van der Waals surface area contributed by atoms with Crippen LogP contribution in [0, 0.1) is 6.92 Å². The number of imidazole rings is 1. The first kappa shape index (κ1) is 18.9. The smallest absolute Gasteiger partial charge is 0.317 e. The molecule has 0 aliphatic heterocycles. The van der Waals surface area contributed by atoms with Crippen LogP contribution in [-0.2, 0) is 17.9 Å². The van der Waals surface area contributed by atoms with E-state index in [9.17, 15) is 4.79 Å². The normalized spacial score (nSPS) is 11.2. The highest BCUT2D eigenvalue weighted by molar-refractivity contribution is 5.69. The van der Waals surface area contributed by atoms with E-state index in [1.165, 1.54) is 0 Å². The molecule has 3 rings (SSSR count). The van der Waals surface area contributed by atoms with Crippen molar-refractivity contribution in [3.05, 3.63) is 65.6 Å². The molecule has 0 radical (unpaired) electrons. The molecule has 1 aromatic carbocycles. The van der Waals surface area contributed by atoms with Crippen LogP contribution in [0.4, 0.5) is 0 Å². The highest BCUT2D eigenvalue weighted by atomic mass is 16.5. The SMILES string of the molecule is CCCN(CC(=O)O)Cc1ccc(OCc2cn3cccc(C)c3n2)cc1. The number of carboxylic acid groups (broad SMARTS) is 1. The van der Waals surface area contributed by atoms with Gasteiger partial charge in [-0.1, -0.05) is 25.1 Å². The molecule has 0 fully saturated rings. The fraction of sp³-hybridized carbons (Fsp3) is 0.333. The second-order valence-electron chi connectivity index (χ2n) is 6.69. The number of aromatic nitrogens is 2. The van der Waals surface area contributed by atoms with Crippen LogP contribution in [0.3, 0.4) is 0 Å². The van der Waals surface area contributed by atoms with Gasteiger partial charge in [-0.05, 0) is 49.2 Å². The van der Waals surface area contributed by atoms with Gasteiger partial charge in [0.1, 0.15) is 18.0 Å². The molecule has 0 unspecified atom stereocenters. The van der Waals surface area contributed by atoms with Gasteiger partial charge in [-0.2, -0.15) is 0 Å². The van der Waals surface area contributed by atoms with Crippen LogP contribution in [0.2, 0.25) is 0 Å². The first-order chi connectivity index (χ1) is 13.0. The van der Waals surface area contributed by atoms with E-state index in [0.717, 1.165) is 41.2 Å². The summed E-state index contributed by atoms with van der Waals surface area (Å²) in [6.45, 7) is 5.93. The van der Waals surface area contributed by atoms with E-state index in [2.05, 4.69) is 4.98 Å². The number of hydrogen-bond acceptors (Lipinski definition) is 4. The maximum atomic E-state index is 11.0. The summed E-state index contributed by atoms with van der Waals surface area (Å²) < 4.78 is 7.85. The number of carboxylic acids is 1. The van der Waals surface area contributed by atoms with Crippen LogP contribution >= 0.6 is 0 Å². The van der Waals surface area contributed by atoms with Gasteiger partial charge in [0, 0.05) is 18.9 Å². The zero-order chi connectivity index (χ0) is 19.2. The third-order valence-electron chi connectivity index (χ3n) is 4.34. The molecule has 0 spiro atoms. The lowest BCUT2D eigenvalue weighted by Gasteiger charge is -2.19. The maximum absolute atomic E-state index is 11.0. The Kier molecular flexibility index (Phi) is 6.08. The van der Waals surface area contributed by atoms with Gasteiger partial charge in [-0.25, -0.2) is 4.98 Å². The third kappa shape index (κ3) is 5.08. The van der Waals surface area contributed by atoms with Gasteiger partial charge < -0.3 is 14.2 Å². The summed E-state index contributed by atoms with van der Waals surface area (Å²) in [5.74, 6) is -0.0288. The van der Waals surface area contributed by atoms with Crippen molar-refractivity contribution in [1.29, 1.82) is 0 Å². The van der Waals surface area contributed by atoms with Crippen LogP contribution in [0.25, 0.3) is 5.65 Å². The first-order valence-corrected chi connectivity index (χ1v) is 9.14. The fourth-order valence-electron chi connectivity index (χ4n) is 3.10. The Balaban J connectivity index is 1.59. The Bertz CT molecular complexity index is 903. The summed E-state index contributed by atoms with van der Waals surface area (Å²) in [4.78, 5) is 17.5. The van der Waals surface area contributed by atoms with E-state index in [1.54, 1.807) is 0 Å². The van der Waals surface area contributed by atoms with E-state index in [4.69, 9.17) is 9.84 Å². The highest BCUT2D eigenvalue weighted by Crippen LogP contribution is 2.16. The molecule has 2 heterocycles. The summed E-state index contributed by atoms with van der Waals surface area (Å²) in [6.07, 6.45) is 4.88. The van der Waals surface area contributed by atoms with Gasteiger partial charge in [0.25, 0.3) is 0 Å². The average molecular weight is 367 g/mol. The fourth-order valence-corrected chi connectivity index (χ4v) is 3.10. The van der Waals surface area contributed by atoms with Crippen LogP contribution in [0.15, 0.2) is 48.8 Å². The standard InChI is InChI=1S/C21H25N3O3/c1-3-10-23(14-20(25)26)12-17-6-8-19(9-7-17)27-15-18-13-24-11-4-5-16(2)21(24)22-18/h4-9,11,13H,3,10,12,14-15H2,1-2H3,(H,25,26). The van der Waals surface area contributed by atoms with Crippen LogP contribution in [0.5, 0.6) is 5.75 Å². The van der Waals surface area contributed by atoms with Crippen molar-refractivity contribution < 1.29 is 14.6 Å². The predicted molar refractivity (Wildman–Crippen MR) is 104 cm³/mol. The molecular weight excluding hydrogens is 342 g/mol. The van der Waals surface area contributed by atoms with E-state index in [0.29, 0.717) is 13.2 Å². The Morgan fingerprint density at radius 3 is 2.70 bits per heavy atom. The number of rotatable bonds is 9. The molecule has 2 aromatic heterocycles. The molecule has 27 heavy (non-hydrogen) atoms. The number of aliphatic carboxylic acids is 1. The monoisotopic (exact) mass is 367 g/mol. The summed E-state index contributed by atoms with van der Waals surface area (Å²) in [5.41, 5.74) is 4.02. The van der Waals surface area contributed by atoms with Crippen molar-refractivity contribution in [2.24, 2.45) is 0 Å². The number of benzene rings is 1. The van der Waals surface area contributed by atoms with E-state index in [1.807, 2.05) is 71.9 Å². The Labute approximate surface area is 159 Å². The molecule has 0 saturated heterocycles. The second-order valence-corrected chi connectivity index (χ2v) is 6.69. The van der Waals surface area contributed by atoms with E-state index in [-0.39, 0.29) is 6.54 Å². The van der Waals surface area contributed by atoms with Crippen LogP contribution < -0.4 is 4.74 Å². The zero-order valence-electron chi connectivity index (χ0n) is 15.8. The number of aryl methyl sites for hydroxylation is 1. The van der Waals surface area contributed by atoms with Crippen LogP contribution in [0.1, 0.15) is 30.2 Å². The van der Waals surface area contributed by atoms with Crippen molar-refractivity contribution in [3.63, 3.8) is 0 Å². The van der Waals surface area contributed by atoms with E-state index >= 15 is 0 Å². The molecule has 1 N–H and O–H groups in total. The Hall–Kier alpha value is -2.86. The summed E-state index contributed by atoms with van der Waals surface area (Å²) in [7, 11) is 0. The quantitative estimate of drug-likeness (QED) is 0.627. The van der Waals surface area contributed by atoms with Crippen molar-refractivity contribution in [1.82, 2.24) is 14.3 Å². The van der Waals surface area contributed by atoms with Crippen molar-refractivity contribution in [2.45, 2.75) is 33.4 Å². The van der Waals surface area contributed by atoms with Crippen molar-refractivity contribution in [3.8, 4) is 5.75 Å². The van der Waals surface area contributed by atoms with Crippen LogP contribution in [-0.4, -0.2) is 38.4 Å². The lowest BCUT2D eigenvalue weighted by Crippen LogP contribution is -2.30. The van der Waals surface area contributed by atoms with Gasteiger partial charge in [0.05, 0.1) is 12.2 Å². The molecule has 0 bridgehead atoms. The van der Waals surface area contributed by atoms with Gasteiger partial charge in [0.15, 0.2) is 0 Å². The average Bonchev–Trinajstić information content (AvgIpc) is 3.05. The number of pyridine rings is 1. The minimum atomic E-state index is -0.800. The Morgan fingerprint density at radius 1 is 1.26 bits per heavy atom. The summed E-state index contributed by atoms with van der Waals surface area (Å²) >= 11 is 0. The summed E-state index contributed by atoms with van der Waals surface area (Å²) in [5, 5.41) is 9.01.